The van der Waals surface area contributed by atoms with Crippen molar-refractivity contribution in [1.82, 2.24) is 10.0 Å². The molecule has 0 aromatic rings. The topological polar surface area (TPSA) is 67.4 Å². The van der Waals surface area contributed by atoms with E-state index in [1.54, 1.807) is 0 Å². The summed E-state index contributed by atoms with van der Waals surface area (Å²) in [6.45, 7) is 1.82. The van der Waals surface area contributed by atoms with Gasteiger partial charge in [-0.1, -0.05) is 19.3 Å². The van der Waals surface area contributed by atoms with Crippen LogP contribution in [0.1, 0.15) is 44.9 Å². The standard InChI is InChI=1S/C13H26N2O3S/c16-19(17,11-12-5-4-8-14-12)15-9-10-18-13-6-2-1-3-7-13/h12-15H,1-11H2. The summed E-state index contributed by atoms with van der Waals surface area (Å²) in [7, 11) is -3.16. The molecule has 0 aromatic heterocycles. The van der Waals surface area contributed by atoms with Gasteiger partial charge in [-0.15, -0.1) is 0 Å². The molecule has 2 rings (SSSR count). The van der Waals surface area contributed by atoms with Crippen LogP contribution in [-0.2, 0) is 14.8 Å². The van der Waals surface area contributed by atoms with Gasteiger partial charge in [-0.25, -0.2) is 13.1 Å². The lowest BCUT2D eigenvalue weighted by molar-refractivity contribution is 0.0321. The second-order valence-corrected chi connectivity index (χ2v) is 7.45. The van der Waals surface area contributed by atoms with Crippen LogP contribution in [-0.4, -0.2) is 46.0 Å². The van der Waals surface area contributed by atoms with Crippen LogP contribution in [0, 0.1) is 0 Å². The number of sulfonamides is 1. The van der Waals surface area contributed by atoms with Crippen molar-refractivity contribution in [1.29, 1.82) is 0 Å². The minimum absolute atomic E-state index is 0.122. The maximum Gasteiger partial charge on any atom is 0.213 e. The van der Waals surface area contributed by atoms with Crippen molar-refractivity contribution in [2.75, 3.05) is 25.4 Å². The Kier molecular flexibility index (Phi) is 6.06. The third-order valence-electron chi connectivity index (χ3n) is 3.91. The molecule has 2 aliphatic rings. The molecule has 1 unspecified atom stereocenters. The quantitative estimate of drug-likeness (QED) is 0.687. The van der Waals surface area contributed by atoms with Crippen LogP contribution in [0.2, 0.25) is 0 Å². The zero-order valence-corrected chi connectivity index (χ0v) is 12.4. The predicted molar refractivity (Wildman–Crippen MR) is 75.6 cm³/mol. The fourth-order valence-corrected chi connectivity index (χ4v) is 4.20. The van der Waals surface area contributed by atoms with E-state index in [0.29, 0.717) is 19.3 Å². The predicted octanol–water partition coefficient (Wildman–Crippen LogP) is 1.01. The Hall–Kier alpha value is -0.170. The van der Waals surface area contributed by atoms with Crippen molar-refractivity contribution < 1.29 is 13.2 Å². The molecule has 1 saturated heterocycles. The number of ether oxygens (including phenoxy) is 1. The van der Waals surface area contributed by atoms with E-state index in [1.165, 1.54) is 19.3 Å². The third kappa shape index (κ3) is 5.77. The largest absolute Gasteiger partial charge is 0.377 e. The Morgan fingerprint density at radius 2 is 1.89 bits per heavy atom. The summed E-state index contributed by atoms with van der Waals surface area (Å²) in [5.74, 6) is 0.191. The van der Waals surface area contributed by atoms with Crippen LogP contribution in [0.5, 0.6) is 0 Å². The molecule has 0 aromatic carbocycles. The smallest absolute Gasteiger partial charge is 0.213 e. The summed E-state index contributed by atoms with van der Waals surface area (Å²) in [6.07, 6.45) is 8.41. The Labute approximate surface area is 116 Å². The van der Waals surface area contributed by atoms with Gasteiger partial charge < -0.3 is 10.1 Å². The molecule has 112 valence electrons. The summed E-state index contributed by atoms with van der Waals surface area (Å²) >= 11 is 0. The average Bonchev–Trinajstić information content (AvgIpc) is 2.88. The third-order valence-corrected chi connectivity index (χ3v) is 5.40. The Bertz CT molecular complexity index is 347. The number of hydrogen-bond acceptors (Lipinski definition) is 4. The number of hydrogen-bond donors (Lipinski definition) is 2. The van der Waals surface area contributed by atoms with Crippen molar-refractivity contribution in [2.45, 2.75) is 57.1 Å². The van der Waals surface area contributed by atoms with E-state index in [4.69, 9.17) is 4.74 Å². The number of nitrogens with one attached hydrogen (secondary N) is 2. The van der Waals surface area contributed by atoms with Crippen LogP contribution in [0.15, 0.2) is 0 Å². The van der Waals surface area contributed by atoms with Crippen molar-refractivity contribution in [3.63, 3.8) is 0 Å². The lowest BCUT2D eigenvalue weighted by atomic mass is 9.98. The van der Waals surface area contributed by atoms with E-state index < -0.39 is 10.0 Å². The van der Waals surface area contributed by atoms with Crippen molar-refractivity contribution in [2.24, 2.45) is 0 Å². The maximum absolute atomic E-state index is 11.8. The Morgan fingerprint density at radius 1 is 1.11 bits per heavy atom. The minimum atomic E-state index is -3.16. The molecule has 1 saturated carbocycles. The van der Waals surface area contributed by atoms with Crippen LogP contribution in [0.25, 0.3) is 0 Å². The van der Waals surface area contributed by atoms with Crippen molar-refractivity contribution in [3.8, 4) is 0 Å². The zero-order chi connectivity index (χ0) is 13.6. The SMILES string of the molecule is O=S(=O)(CC1CCCN1)NCCOC1CCCCC1. The van der Waals surface area contributed by atoms with Gasteiger partial charge in [0, 0.05) is 12.6 Å². The molecule has 1 atom stereocenters. The van der Waals surface area contributed by atoms with E-state index >= 15 is 0 Å². The first-order chi connectivity index (χ1) is 9.16. The molecule has 2 N–H and O–H groups in total. The van der Waals surface area contributed by atoms with Crippen LogP contribution in [0.4, 0.5) is 0 Å². The molecular formula is C13H26N2O3S. The van der Waals surface area contributed by atoms with E-state index in [9.17, 15) is 8.42 Å². The van der Waals surface area contributed by atoms with Crippen LogP contribution < -0.4 is 10.0 Å². The van der Waals surface area contributed by atoms with Gasteiger partial charge in [-0.2, -0.15) is 0 Å². The molecule has 6 heteroatoms. The summed E-state index contributed by atoms with van der Waals surface area (Å²) in [5, 5.41) is 3.20. The molecule has 2 fully saturated rings. The van der Waals surface area contributed by atoms with Gasteiger partial charge in [0.25, 0.3) is 0 Å². The summed E-state index contributed by atoms with van der Waals surface area (Å²) in [5.41, 5.74) is 0. The van der Waals surface area contributed by atoms with Gasteiger partial charge in [0.05, 0.1) is 18.5 Å². The highest BCUT2D eigenvalue weighted by atomic mass is 32.2. The highest BCUT2D eigenvalue weighted by Gasteiger charge is 2.21. The molecule has 0 bridgehead atoms. The molecular weight excluding hydrogens is 264 g/mol. The normalized spacial score (nSPS) is 25.8. The highest BCUT2D eigenvalue weighted by molar-refractivity contribution is 7.89. The van der Waals surface area contributed by atoms with Gasteiger partial charge in [-0.3, -0.25) is 0 Å². The second-order valence-electron chi connectivity index (χ2n) is 5.60. The zero-order valence-electron chi connectivity index (χ0n) is 11.6. The minimum Gasteiger partial charge on any atom is -0.377 e. The summed E-state index contributed by atoms with van der Waals surface area (Å²) < 4.78 is 32.0. The molecule has 1 aliphatic heterocycles. The van der Waals surface area contributed by atoms with E-state index in [1.807, 2.05) is 0 Å². The first kappa shape index (κ1) is 15.2. The molecule has 1 heterocycles. The van der Waals surface area contributed by atoms with E-state index in [-0.39, 0.29) is 11.8 Å². The van der Waals surface area contributed by atoms with Gasteiger partial charge >= 0.3 is 0 Å². The fraction of sp³-hybridized carbons (Fsp3) is 1.00. The first-order valence-electron chi connectivity index (χ1n) is 7.48. The lowest BCUT2D eigenvalue weighted by Crippen LogP contribution is -2.38. The highest BCUT2D eigenvalue weighted by Crippen LogP contribution is 2.19. The molecule has 1 aliphatic carbocycles. The van der Waals surface area contributed by atoms with Crippen LogP contribution in [0.3, 0.4) is 0 Å². The summed E-state index contributed by atoms with van der Waals surface area (Å²) in [4.78, 5) is 0. The first-order valence-corrected chi connectivity index (χ1v) is 9.13. The van der Waals surface area contributed by atoms with Gasteiger partial charge in [0.15, 0.2) is 0 Å². The lowest BCUT2D eigenvalue weighted by Gasteiger charge is -2.22. The molecule has 0 radical (unpaired) electrons. The molecule has 0 amide bonds. The monoisotopic (exact) mass is 290 g/mol. The fourth-order valence-electron chi connectivity index (χ4n) is 2.88. The maximum atomic E-state index is 11.8. The Balaban J connectivity index is 1.58. The summed E-state index contributed by atoms with van der Waals surface area (Å²) in [6, 6.07) is 0.122. The van der Waals surface area contributed by atoms with Crippen LogP contribution >= 0.6 is 0 Å². The Morgan fingerprint density at radius 3 is 2.58 bits per heavy atom. The van der Waals surface area contributed by atoms with E-state index in [0.717, 1.165) is 32.2 Å². The molecule has 0 spiro atoms. The van der Waals surface area contributed by atoms with Gasteiger partial charge in [0.1, 0.15) is 0 Å². The van der Waals surface area contributed by atoms with Crippen molar-refractivity contribution in [3.05, 3.63) is 0 Å². The average molecular weight is 290 g/mol. The second kappa shape index (κ2) is 7.57. The number of rotatable bonds is 7. The van der Waals surface area contributed by atoms with Gasteiger partial charge in [0.2, 0.25) is 10.0 Å². The van der Waals surface area contributed by atoms with E-state index in [2.05, 4.69) is 10.0 Å². The van der Waals surface area contributed by atoms with Crippen molar-refractivity contribution >= 4 is 10.0 Å². The molecule has 5 nitrogen and oxygen atoms in total. The van der Waals surface area contributed by atoms with Gasteiger partial charge in [-0.05, 0) is 32.2 Å². The molecule has 19 heavy (non-hydrogen) atoms.